The molecule has 2 heterocycles. The SMILES string of the molecule is COc1cccc(CN(CC2CCCO2)C(=O)Cc2coc3cc(C)ccc23)c1. The average Bonchev–Trinajstić information content (AvgIpc) is 3.37. The number of ether oxygens (including phenoxy) is 2. The second-order valence-electron chi connectivity index (χ2n) is 7.70. The molecule has 1 saturated heterocycles. The van der Waals surface area contributed by atoms with Crippen molar-refractivity contribution in [1.82, 2.24) is 4.90 Å². The highest BCUT2D eigenvalue weighted by Crippen LogP contribution is 2.24. The predicted molar refractivity (Wildman–Crippen MR) is 112 cm³/mol. The number of amides is 1. The normalized spacial score (nSPS) is 16.3. The molecule has 1 amide bonds. The molecule has 1 aliphatic rings. The minimum absolute atomic E-state index is 0.0756. The Balaban J connectivity index is 1.54. The fraction of sp³-hybridized carbons (Fsp3) is 0.375. The van der Waals surface area contributed by atoms with Gasteiger partial charge in [-0.05, 0) is 49.1 Å². The number of carbonyl (C=O) groups excluding carboxylic acids is 1. The van der Waals surface area contributed by atoms with Crippen molar-refractivity contribution in [3.63, 3.8) is 0 Å². The number of furan rings is 1. The average molecular weight is 393 g/mol. The summed E-state index contributed by atoms with van der Waals surface area (Å²) in [5.41, 5.74) is 3.94. The maximum atomic E-state index is 13.3. The molecule has 1 unspecified atom stereocenters. The maximum Gasteiger partial charge on any atom is 0.227 e. The van der Waals surface area contributed by atoms with Gasteiger partial charge in [0.05, 0.1) is 25.9 Å². The van der Waals surface area contributed by atoms with Gasteiger partial charge >= 0.3 is 0 Å². The number of fused-ring (bicyclic) bond motifs is 1. The third-order valence-corrected chi connectivity index (χ3v) is 5.46. The second kappa shape index (κ2) is 8.70. The zero-order valence-corrected chi connectivity index (χ0v) is 17.0. The molecule has 5 nitrogen and oxygen atoms in total. The Labute approximate surface area is 171 Å². The van der Waals surface area contributed by atoms with Crippen LogP contribution in [0.25, 0.3) is 11.0 Å². The van der Waals surface area contributed by atoms with Gasteiger partial charge in [-0.25, -0.2) is 0 Å². The van der Waals surface area contributed by atoms with Crippen LogP contribution in [-0.4, -0.2) is 37.2 Å². The standard InChI is InChI=1S/C24H27NO4/c1-17-8-9-22-19(16-29-23(22)11-17)13-24(26)25(15-21-7-4-10-28-21)14-18-5-3-6-20(12-18)27-2/h3,5-6,8-9,11-12,16,21H,4,7,10,13-15H2,1-2H3. The number of hydrogen-bond acceptors (Lipinski definition) is 4. The summed E-state index contributed by atoms with van der Waals surface area (Å²) in [6, 6.07) is 13.9. The number of aryl methyl sites for hydroxylation is 1. The van der Waals surface area contributed by atoms with Crippen LogP contribution in [0.3, 0.4) is 0 Å². The Bertz CT molecular complexity index is 987. The summed E-state index contributed by atoms with van der Waals surface area (Å²) in [6.45, 7) is 3.94. The lowest BCUT2D eigenvalue weighted by Gasteiger charge is -2.26. The van der Waals surface area contributed by atoms with E-state index in [0.29, 0.717) is 19.5 Å². The second-order valence-corrected chi connectivity index (χ2v) is 7.70. The van der Waals surface area contributed by atoms with Gasteiger partial charge in [0.2, 0.25) is 5.91 Å². The highest BCUT2D eigenvalue weighted by Gasteiger charge is 2.24. The van der Waals surface area contributed by atoms with Crippen LogP contribution in [-0.2, 0) is 22.5 Å². The van der Waals surface area contributed by atoms with Crippen molar-refractivity contribution < 1.29 is 18.7 Å². The van der Waals surface area contributed by atoms with Gasteiger partial charge in [-0.1, -0.05) is 24.3 Å². The summed E-state index contributed by atoms with van der Waals surface area (Å²) in [7, 11) is 1.65. The molecule has 1 aromatic heterocycles. The smallest absolute Gasteiger partial charge is 0.227 e. The molecule has 0 N–H and O–H groups in total. The van der Waals surface area contributed by atoms with E-state index < -0.39 is 0 Å². The van der Waals surface area contributed by atoms with Gasteiger partial charge in [0.1, 0.15) is 11.3 Å². The lowest BCUT2D eigenvalue weighted by atomic mass is 10.1. The van der Waals surface area contributed by atoms with E-state index in [1.165, 1.54) is 0 Å². The Kier molecular flexibility index (Phi) is 5.86. The zero-order chi connectivity index (χ0) is 20.2. The molecule has 5 heteroatoms. The topological polar surface area (TPSA) is 51.9 Å². The van der Waals surface area contributed by atoms with Gasteiger partial charge in [0.15, 0.2) is 0 Å². The highest BCUT2D eigenvalue weighted by molar-refractivity contribution is 5.88. The first-order chi connectivity index (χ1) is 14.1. The summed E-state index contributed by atoms with van der Waals surface area (Å²) >= 11 is 0. The van der Waals surface area contributed by atoms with Crippen molar-refractivity contribution >= 4 is 16.9 Å². The maximum absolute atomic E-state index is 13.3. The Morgan fingerprint density at radius 2 is 2.14 bits per heavy atom. The Morgan fingerprint density at radius 3 is 2.93 bits per heavy atom. The van der Waals surface area contributed by atoms with Crippen molar-refractivity contribution in [2.24, 2.45) is 0 Å². The van der Waals surface area contributed by atoms with Crippen LogP contribution in [0.2, 0.25) is 0 Å². The van der Waals surface area contributed by atoms with Crippen molar-refractivity contribution in [3.8, 4) is 5.75 Å². The van der Waals surface area contributed by atoms with Gasteiger partial charge in [-0.15, -0.1) is 0 Å². The zero-order valence-electron chi connectivity index (χ0n) is 17.0. The fourth-order valence-corrected chi connectivity index (χ4v) is 3.88. The number of hydrogen-bond donors (Lipinski definition) is 0. The van der Waals surface area contributed by atoms with Crippen LogP contribution in [0.5, 0.6) is 5.75 Å². The number of carbonyl (C=O) groups is 1. The van der Waals surface area contributed by atoms with E-state index in [4.69, 9.17) is 13.9 Å². The molecule has 2 aromatic carbocycles. The number of methoxy groups -OCH3 is 1. The molecule has 3 aromatic rings. The van der Waals surface area contributed by atoms with Crippen molar-refractivity contribution in [2.75, 3.05) is 20.3 Å². The van der Waals surface area contributed by atoms with Crippen LogP contribution < -0.4 is 4.74 Å². The minimum Gasteiger partial charge on any atom is -0.497 e. The molecule has 29 heavy (non-hydrogen) atoms. The molecular formula is C24H27NO4. The van der Waals surface area contributed by atoms with E-state index >= 15 is 0 Å². The van der Waals surface area contributed by atoms with E-state index in [2.05, 4.69) is 0 Å². The van der Waals surface area contributed by atoms with Crippen LogP contribution >= 0.6 is 0 Å². The van der Waals surface area contributed by atoms with Crippen LogP contribution in [0, 0.1) is 6.92 Å². The predicted octanol–water partition coefficient (Wildman–Crippen LogP) is 4.50. The quantitative estimate of drug-likeness (QED) is 0.593. The molecule has 1 fully saturated rings. The summed E-state index contributed by atoms with van der Waals surface area (Å²) in [4.78, 5) is 15.2. The molecule has 0 bridgehead atoms. The lowest BCUT2D eigenvalue weighted by Crippen LogP contribution is -2.37. The largest absolute Gasteiger partial charge is 0.497 e. The summed E-state index contributed by atoms with van der Waals surface area (Å²) in [5, 5.41) is 1.00. The third-order valence-electron chi connectivity index (χ3n) is 5.46. The van der Waals surface area contributed by atoms with Crippen LogP contribution in [0.4, 0.5) is 0 Å². The minimum atomic E-state index is 0.0756. The van der Waals surface area contributed by atoms with Crippen LogP contribution in [0.15, 0.2) is 53.1 Å². The molecule has 152 valence electrons. The van der Waals surface area contributed by atoms with E-state index in [1.54, 1.807) is 13.4 Å². The summed E-state index contributed by atoms with van der Waals surface area (Å²) in [5.74, 6) is 0.870. The lowest BCUT2D eigenvalue weighted by molar-refractivity contribution is -0.132. The van der Waals surface area contributed by atoms with E-state index in [-0.39, 0.29) is 12.0 Å². The Hall–Kier alpha value is -2.79. The highest BCUT2D eigenvalue weighted by atomic mass is 16.5. The van der Waals surface area contributed by atoms with Crippen molar-refractivity contribution in [1.29, 1.82) is 0 Å². The molecule has 0 radical (unpaired) electrons. The van der Waals surface area contributed by atoms with Gasteiger partial charge in [-0.3, -0.25) is 4.79 Å². The van der Waals surface area contributed by atoms with Gasteiger partial charge in [0.25, 0.3) is 0 Å². The molecular weight excluding hydrogens is 366 g/mol. The monoisotopic (exact) mass is 393 g/mol. The van der Waals surface area contributed by atoms with Crippen LogP contribution in [0.1, 0.15) is 29.5 Å². The molecule has 0 spiro atoms. The molecule has 0 saturated carbocycles. The first kappa shape index (κ1) is 19.5. The summed E-state index contributed by atoms with van der Waals surface area (Å²) < 4.78 is 16.8. The molecule has 1 atom stereocenters. The molecule has 4 rings (SSSR count). The fourth-order valence-electron chi connectivity index (χ4n) is 3.88. The van der Waals surface area contributed by atoms with E-state index in [1.807, 2.05) is 54.3 Å². The third kappa shape index (κ3) is 4.62. The first-order valence-electron chi connectivity index (χ1n) is 10.1. The number of benzene rings is 2. The van der Waals surface area contributed by atoms with E-state index in [0.717, 1.165) is 52.9 Å². The molecule has 1 aliphatic heterocycles. The van der Waals surface area contributed by atoms with Crippen molar-refractivity contribution in [3.05, 3.63) is 65.4 Å². The van der Waals surface area contributed by atoms with E-state index in [9.17, 15) is 4.79 Å². The van der Waals surface area contributed by atoms with Crippen molar-refractivity contribution in [2.45, 2.75) is 38.8 Å². The van der Waals surface area contributed by atoms with Gasteiger partial charge < -0.3 is 18.8 Å². The first-order valence-corrected chi connectivity index (χ1v) is 10.1. The molecule has 0 aliphatic carbocycles. The Morgan fingerprint density at radius 1 is 1.24 bits per heavy atom. The number of nitrogens with zero attached hydrogens (tertiary/aromatic N) is 1. The summed E-state index contributed by atoms with van der Waals surface area (Å²) in [6.07, 6.45) is 4.17. The number of rotatable bonds is 7. The van der Waals surface area contributed by atoms with Gasteiger partial charge in [-0.2, -0.15) is 0 Å². The van der Waals surface area contributed by atoms with Gasteiger partial charge in [0, 0.05) is 30.6 Å².